The third kappa shape index (κ3) is 2.25. The second kappa shape index (κ2) is 4.64. The monoisotopic (exact) mass is 307 g/mol. The van der Waals surface area contributed by atoms with Gasteiger partial charge in [0.2, 0.25) is 0 Å². The molecule has 98 valence electrons. The third-order valence-electron chi connectivity index (χ3n) is 4.73. The Morgan fingerprint density at radius 2 is 1.83 bits per heavy atom. The van der Waals surface area contributed by atoms with Crippen LogP contribution in [0.15, 0.2) is 28.7 Å². The van der Waals surface area contributed by atoms with E-state index in [9.17, 15) is 0 Å². The van der Waals surface area contributed by atoms with Crippen molar-refractivity contribution in [2.75, 3.05) is 13.1 Å². The molecular weight excluding hydrogens is 286 g/mol. The lowest BCUT2D eigenvalue weighted by Crippen LogP contribution is -2.49. The van der Waals surface area contributed by atoms with Gasteiger partial charge in [-0.3, -0.25) is 0 Å². The lowest BCUT2D eigenvalue weighted by atomic mass is 9.56. The molecule has 0 saturated heterocycles. The van der Waals surface area contributed by atoms with Gasteiger partial charge in [-0.2, -0.15) is 0 Å². The van der Waals surface area contributed by atoms with Gasteiger partial charge in [0, 0.05) is 16.4 Å². The van der Waals surface area contributed by atoms with Gasteiger partial charge in [0.15, 0.2) is 0 Å². The van der Waals surface area contributed by atoms with Gasteiger partial charge in [0.25, 0.3) is 0 Å². The Morgan fingerprint density at radius 3 is 2.39 bits per heavy atom. The maximum Gasteiger partial charge on any atom is 0.0175 e. The van der Waals surface area contributed by atoms with Crippen molar-refractivity contribution in [2.24, 2.45) is 5.41 Å². The fraction of sp³-hybridized carbons (Fsp3) is 0.625. The zero-order valence-corrected chi connectivity index (χ0v) is 12.7. The maximum atomic E-state index is 3.64. The molecule has 1 aromatic carbocycles. The predicted octanol–water partition coefficient (Wildman–Crippen LogP) is 4.26. The fourth-order valence-corrected chi connectivity index (χ4v) is 3.92. The minimum absolute atomic E-state index is 0.423. The van der Waals surface area contributed by atoms with Gasteiger partial charge < -0.3 is 5.32 Å². The molecule has 18 heavy (non-hydrogen) atoms. The molecule has 2 aliphatic carbocycles. The summed E-state index contributed by atoms with van der Waals surface area (Å²) in [6.45, 7) is 4.54. The smallest absolute Gasteiger partial charge is 0.0175 e. The quantitative estimate of drug-likeness (QED) is 0.801. The van der Waals surface area contributed by atoms with Gasteiger partial charge in [0.05, 0.1) is 0 Å². The summed E-state index contributed by atoms with van der Waals surface area (Å²) in [5.41, 5.74) is 2.71. The van der Waals surface area contributed by atoms with Gasteiger partial charge in [-0.15, -0.1) is 0 Å². The zero-order valence-electron chi connectivity index (χ0n) is 11.1. The van der Waals surface area contributed by atoms with Crippen molar-refractivity contribution < 1.29 is 0 Å². The molecule has 0 unspecified atom stereocenters. The maximum absolute atomic E-state index is 3.64. The highest BCUT2D eigenvalue weighted by atomic mass is 79.9. The standard InChI is InChI=1S/C16H22BrN/c1-2-9-18-12-16(10-15(11-16)7-8-15)13-3-5-14(17)6-4-13/h3-6,18H,2,7-12H2,1H3. The van der Waals surface area contributed by atoms with Gasteiger partial charge in [-0.25, -0.2) is 0 Å². The molecule has 0 heterocycles. The van der Waals surface area contributed by atoms with E-state index in [1.807, 2.05) is 0 Å². The normalized spacial score (nSPS) is 22.8. The first-order valence-corrected chi connectivity index (χ1v) is 7.94. The molecule has 2 aliphatic rings. The number of benzene rings is 1. The lowest BCUT2D eigenvalue weighted by Gasteiger charge is -2.49. The second-order valence-corrected chi connectivity index (χ2v) is 7.23. The Hall–Kier alpha value is -0.340. The number of hydrogen-bond donors (Lipinski definition) is 1. The fourth-order valence-electron chi connectivity index (χ4n) is 3.65. The summed E-state index contributed by atoms with van der Waals surface area (Å²) in [6, 6.07) is 9.00. The van der Waals surface area contributed by atoms with Crippen molar-refractivity contribution in [2.45, 2.75) is 44.4 Å². The van der Waals surface area contributed by atoms with E-state index in [2.05, 4.69) is 52.4 Å². The van der Waals surface area contributed by atoms with E-state index in [4.69, 9.17) is 0 Å². The van der Waals surface area contributed by atoms with Crippen LogP contribution in [0, 0.1) is 5.41 Å². The minimum Gasteiger partial charge on any atom is -0.316 e. The van der Waals surface area contributed by atoms with Crippen LogP contribution in [0.1, 0.15) is 44.6 Å². The van der Waals surface area contributed by atoms with Crippen LogP contribution < -0.4 is 5.32 Å². The van der Waals surface area contributed by atoms with Crippen molar-refractivity contribution in [1.82, 2.24) is 5.32 Å². The van der Waals surface area contributed by atoms with E-state index in [1.165, 1.54) is 42.1 Å². The Balaban J connectivity index is 1.75. The molecular formula is C16H22BrN. The van der Waals surface area contributed by atoms with Crippen LogP contribution >= 0.6 is 15.9 Å². The van der Waals surface area contributed by atoms with Gasteiger partial charge >= 0.3 is 0 Å². The topological polar surface area (TPSA) is 12.0 Å². The Bertz CT molecular complexity index is 411. The molecule has 2 fully saturated rings. The van der Waals surface area contributed by atoms with Crippen LogP contribution in [0.25, 0.3) is 0 Å². The summed E-state index contributed by atoms with van der Waals surface area (Å²) in [7, 11) is 0. The molecule has 2 heteroatoms. The molecule has 0 radical (unpaired) electrons. The second-order valence-electron chi connectivity index (χ2n) is 6.32. The first kappa shape index (κ1) is 12.7. The van der Waals surface area contributed by atoms with Crippen LogP contribution in [0.2, 0.25) is 0 Å². The van der Waals surface area contributed by atoms with Gasteiger partial charge in [-0.1, -0.05) is 35.0 Å². The van der Waals surface area contributed by atoms with Gasteiger partial charge in [-0.05, 0) is 61.8 Å². The minimum atomic E-state index is 0.423. The third-order valence-corrected chi connectivity index (χ3v) is 5.26. The van der Waals surface area contributed by atoms with E-state index in [-0.39, 0.29) is 0 Å². The first-order valence-electron chi connectivity index (χ1n) is 7.15. The molecule has 1 nitrogen and oxygen atoms in total. The first-order chi connectivity index (χ1) is 8.68. The average molecular weight is 308 g/mol. The van der Waals surface area contributed by atoms with E-state index in [1.54, 1.807) is 0 Å². The highest BCUT2D eigenvalue weighted by molar-refractivity contribution is 9.10. The average Bonchev–Trinajstić information content (AvgIpc) is 3.09. The number of halogens is 1. The van der Waals surface area contributed by atoms with Crippen LogP contribution in [0.4, 0.5) is 0 Å². The molecule has 0 atom stereocenters. The van der Waals surface area contributed by atoms with E-state index in [0.717, 1.165) is 18.5 Å². The van der Waals surface area contributed by atoms with Crippen molar-refractivity contribution >= 4 is 15.9 Å². The molecule has 0 bridgehead atoms. The van der Waals surface area contributed by atoms with E-state index < -0.39 is 0 Å². The molecule has 0 aliphatic heterocycles. The van der Waals surface area contributed by atoms with Crippen molar-refractivity contribution in [3.05, 3.63) is 34.3 Å². The van der Waals surface area contributed by atoms with Crippen LogP contribution in [-0.4, -0.2) is 13.1 Å². The summed E-state index contributed by atoms with van der Waals surface area (Å²) in [5.74, 6) is 0. The molecule has 0 aromatic heterocycles. The van der Waals surface area contributed by atoms with Crippen LogP contribution in [0.5, 0.6) is 0 Å². The predicted molar refractivity (Wildman–Crippen MR) is 79.9 cm³/mol. The molecule has 1 aromatic rings. The summed E-state index contributed by atoms with van der Waals surface area (Å²) in [4.78, 5) is 0. The molecule has 2 saturated carbocycles. The SMILES string of the molecule is CCCNCC1(c2ccc(Br)cc2)CC2(CC2)C1. The summed E-state index contributed by atoms with van der Waals surface area (Å²) < 4.78 is 1.18. The molecule has 3 rings (SSSR count). The highest BCUT2D eigenvalue weighted by Crippen LogP contribution is 2.68. The number of nitrogens with one attached hydrogen (secondary N) is 1. The molecule has 1 N–H and O–H groups in total. The Kier molecular flexibility index (Phi) is 3.27. The largest absolute Gasteiger partial charge is 0.316 e. The van der Waals surface area contributed by atoms with Gasteiger partial charge in [0.1, 0.15) is 0 Å². The summed E-state index contributed by atoms with van der Waals surface area (Å²) in [6.07, 6.45) is 6.97. The zero-order chi connectivity index (χ0) is 12.6. The van der Waals surface area contributed by atoms with Crippen molar-refractivity contribution in [1.29, 1.82) is 0 Å². The van der Waals surface area contributed by atoms with E-state index in [0.29, 0.717) is 5.41 Å². The highest BCUT2D eigenvalue weighted by Gasteiger charge is 2.60. The summed E-state index contributed by atoms with van der Waals surface area (Å²) in [5, 5.41) is 3.64. The van der Waals surface area contributed by atoms with Crippen molar-refractivity contribution in [3.63, 3.8) is 0 Å². The van der Waals surface area contributed by atoms with Crippen LogP contribution in [-0.2, 0) is 5.41 Å². The Morgan fingerprint density at radius 1 is 1.17 bits per heavy atom. The van der Waals surface area contributed by atoms with Crippen molar-refractivity contribution in [3.8, 4) is 0 Å². The molecule has 1 spiro atoms. The lowest BCUT2D eigenvalue weighted by molar-refractivity contribution is 0.116. The Labute approximate surface area is 118 Å². The molecule has 0 amide bonds. The number of hydrogen-bond acceptors (Lipinski definition) is 1. The van der Waals surface area contributed by atoms with E-state index >= 15 is 0 Å². The number of rotatable bonds is 5. The van der Waals surface area contributed by atoms with Crippen LogP contribution in [0.3, 0.4) is 0 Å². The summed E-state index contributed by atoms with van der Waals surface area (Å²) >= 11 is 3.54.